The lowest BCUT2D eigenvalue weighted by atomic mass is 10.3. The lowest BCUT2D eigenvalue weighted by Crippen LogP contribution is -2.10. The van der Waals surface area contributed by atoms with Crippen LogP contribution >= 0.6 is 0 Å². The summed E-state index contributed by atoms with van der Waals surface area (Å²) in [6, 6.07) is 1.79. The molecule has 2 unspecified atom stereocenters. The molecule has 2 atom stereocenters. The molecule has 0 N–H and O–H groups in total. The third kappa shape index (κ3) is 2.20. The van der Waals surface area contributed by atoms with Crippen molar-refractivity contribution in [2.75, 3.05) is 6.54 Å². The molecule has 4 heteroatoms. The summed E-state index contributed by atoms with van der Waals surface area (Å²) in [7, 11) is 0. The second-order valence-corrected chi connectivity index (χ2v) is 2.46. The highest BCUT2D eigenvalue weighted by atomic mass is 16.7. The molecule has 0 aromatic heterocycles. The predicted octanol–water partition coefficient (Wildman–Crippen LogP) is 0.452. The molecule has 1 aliphatic rings. The third-order valence-electron chi connectivity index (χ3n) is 1.39. The average Bonchev–Trinajstić information content (AvgIpc) is 2.68. The van der Waals surface area contributed by atoms with Gasteiger partial charge in [-0.15, -0.1) is 5.06 Å². The normalized spacial score (nSPS) is 27.3. The Morgan fingerprint density at radius 1 is 1.91 bits per heavy atom. The van der Waals surface area contributed by atoms with Crippen LogP contribution in [0.25, 0.3) is 0 Å². The summed E-state index contributed by atoms with van der Waals surface area (Å²) in [6.07, 6.45) is 1.21. The Balaban J connectivity index is 2.14. The van der Waals surface area contributed by atoms with Crippen molar-refractivity contribution < 1.29 is 9.63 Å². The van der Waals surface area contributed by atoms with Gasteiger partial charge in [0, 0.05) is 6.42 Å². The van der Waals surface area contributed by atoms with Gasteiger partial charge in [-0.1, -0.05) is 6.92 Å². The number of rotatable bonds is 3. The van der Waals surface area contributed by atoms with E-state index in [2.05, 4.69) is 0 Å². The van der Waals surface area contributed by atoms with E-state index in [0.717, 1.165) is 6.42 Å². The molecule has 11 heavy (non-hydrogen) atoms. The molecule has 0 saturated carbocycles. The molecule has 1 rings (SSSR count). The largest absolute Gasteiger partial charge is 0.367 e. The monoisotopic (exact) mass is 154 g/mol. The molecule has 1 heterocycles. The van der Waals surface area contributed by atoms with Crippen LogP contribution in [0.4, 0.5) is 0 Å². The highest BCUT2D eigenvalue weighted by Crippen LogP contribution is 2.16. The highest BCUT2D eigenvalue weighted by molar-refractivity contribution is 5.69. The first-order valence-corrected chi connectivity index (χ1v) is 3.65. The van der Waals surface area contributed by atoms with Crippen LogP contribution in [0.15, 0.2) is 0 Å². The molecule has 0 aliphatic carbocycles. The Kier molecular flexibility index (Phi) is 2.44. The fourth-order valence-electron chi connectivity index (χ4n) is 0.710. The van der Waals surface area contributed by atoms with E-state index in [4.69, 9.17) is 10.1 Å². The second kappa shape index (κ2) is 3.35. The van der Waals surface area contributed by atoms with Gasteiger partial charge in [-0.2, -0.15) is 5.26 Å². The van der Waals surface area contributed by atoms with Gasteiger partial charge in [0.15, 0.2) is 0 Å². The molecule has 0 bridgehead atoms. The van der Waals surface area contributed by atoms with E-state index in [1.54, 1.807) is 0 Å². The Hall–Kier alpha value is -1.08. The minimum absolute atomic E-state index is 0.198. The van der Waals surface area contributed by atoms with Crippen molar-refractivity contribution in [3.63, 3.8) is 0 Å². The van der Waals surface area contributed by atoms with Gasteiger partial charge in [0.2, 0.25) is 0 Å². The summed E-state index contributed by atoms with van der Waals surface area (Å²) >= 11 is 0. The zero-order valence-corrected chi connectivity index (χ0v) is 6.41. The number of hydrogen-bond donors (Lipinski definition) is 0. The number of carbonyl (C=O) groups excluding carboxylic acids is 1. The fraction of sp³-hybridized carbons (Fsp3) is 0.714. The molecule has 4 nitrogen and oxygen atoms in total. The first-order chi connectivity index (χ1) is 5.27. The van der Waals surface area contributed by atoms with Gasteiger partial charge in [0.25, 0.3) is 0 Å². The van der Waals surface area contributed by atoms with Crippen molar-refractivity contribution in [2.24, 2.45) is 0 Å². The van der Waals surface area contributed by atoms with Crippen LogP contribution in [-0.4, -0.2) is 23.6 Å². The fourth-order valence-corrected chi connectivity index (χ4v) is 0.710. The lowest BCUT2D eigenvalue weighted by molar-refractivity contribution is -0.167. The highest BCUT2D eigenvalue weighted by Gasteiger charge is 2.38. The average molecular weight is 154 g/mol. The number of nitriles is 1. The summed E-state index contributed by atoms with van der Waals surface area (Å²) < 4.78 is 0. The predicted molar refractivity (Wildman–Crippen MR) is 37.1 cm³/mol. The van der Waals surface area contributed by atoms with Gasteiger partial charge < -0.3 is 4.84 Å². The molecular weight excluding hydrogens is 144 g/mol. The van der Waals surface area contributed by atoms with Crippen LogP contribution < -0.4 is 0 Å². The van der Waals surface area contributed by atoms with Gasteiger partial charge in [0.1, 0.15) is 6.04 Å². The maximum atomic E-state index is 10.8. The van der Waals surface area contributed by atoms with Crippen molar-refractivity contribution in [3.05, 3.63) is 0 Å². The zero-order valence-electron chi connectivity index (χ0n) is 6.41. The summed E-state index contributed by atoms with van der Waals surface area (Å²) in [5, 5.41) is 9.72. The van der Waals surface area contributed by atoms with E-state index in [0.29, 0.717) is 13.0 Å². The Morgan fingerprint density at radius 3 is 3.09 bits per heavy atom. The number of carbonyl (C=O) groups is 1. The molecule has 0 aromatic carbocycles. The van der Waals surface area contributed by atoms with Crippen LogP contribution in [0, 0.1) is 11.3 Å². The molecular formula is C7H10N2O2. The Bertz CT molecular complexity index is 197. The topological polar surface area (TPSA) is 53.1 Å². The van der Waals surface area contributed by atoms with Crippen LogP contribution in [0.5, 0.6) is 0 Å². The standard InChI is InChI=1S/C7H10N2O2/c1-2-3-7(10)11-9-5-6(9)4-8/h6H,2-3,5H2,1H3. The van der Waals surface area contributed by atoms with Crippen LogP contribution in [0.2, 0.25) is 0 Å². The second-order valence-electron chi connectivity index (χ2n) is 2.46. The van der Waals surface area contributed by atoms with Crippen LogP contribution in [0.3, 0.4) is 0 Å². The minimum Gasteiger partial charge on any atom is -0.367 e. The molecule has 1 saturated heterocycles. The maximum Gasteiger partial charge on any atom is 0.325 e. The number of hydroxylamine groups is 2. The number of hydrogen-bond acceptors (Lipinski definition) is 4. The first kappa shape index (κ1) is 8.02. The van der Waals surface area contributed by atoms with E-state index in [1.165, 1.54) is 5.06 Å². The molecule has 0 radical (unpaired) electrons. The van der Waals surface area contributed by atoms with Crippen molar-refractivity contribution >= 4 is 5.97 Å². The summed E-state index contributed by atoms with van der Waals surface area (Å²) in [4.78, 5) is 15.6. The van der Waals surface area contributed by atoms with E-state index >= 15 is 0 Å². The SMILES string of the molecule is CCCC(=O)ON1CC1C#N. The first-order valence-electron chi connectivity index (χ1n) is 3.65. The summed E-state index contributed by atoms with van der Waals surface area (Å²) in [6.45, 7) is 2.47. The molecule has 0 spiro atoms. The Morgan fingerprint density at radius 2 is 2.64 bits per heavy atom. The lowest BCUT2D eigenvalue weighted by Gasteiger charge is -2.00. The van der Waals surface area contributed by atoms with Crippen molar-refractivity contribution in [1.82, 2.24) is 5.06 Å². The van der Waals surface area contributed by atoms with Gasteiger partial charge in [-0.3, -0.25) is 4.79 Å². The quantitative estimate of drug-likeness (QED) is 0.554. The van der Waals surface area contributed by atoms with Gasteiger partial charge in [-0.25, -0.2) is 0 Å². The zero-order chi connectivity index (χ0) is 8.27. The smallest absolute Gasteiger partial charge is 0.325 e. The van der Waals surface area contributed by atoms with Crippen LogP contribution in [-0.2, 0) is 9.63 Å². The van der Waals surface area contributed by atoms with Crippen molar-refractivity contribution in [2.45, 2.75) is 25.8 Å². The van der Waals surface area contributed by atoms with Gasteiger partial charge in [-0.05, 0) is 6.42 Å². The van der Waals surface area contributed by atoms with Crippen molar-refractivity contribution in [3.8, 4) is 6.07 Å². The molecule has 0 aromatic rings. The maximum absolute atomic E-state index is 10.8. The molecule has 1 fully saturated rings. The summed E-state index contributed by atoms with van der Waals surface area (Å²) in [5.41, 5.74) is 0. The van der Waals surface area contributed by atoms with Crippen LogP contribution in [0.1, 0.15) is 19.8 Å². The third-order valence-corrected chi connectivity index (χ3v) is 1.39. The summed E-state index contributed by atoms with van der Waals surface area (Å²) in [5.74, 6) is -0.245. The molecule has 60 valence electrons. The van der Waals surface area contributed by atoms with E-state index in [1.807, 2.05) is 13.0 Å². The number of nitrogens with zero attached hydrogens (tertiary/aromatic N) is 2. The van der Waals surface area contributed by atoms with Gasteiger partial charge >= 0.3 is 5.97 Å². The van der Waals surface area contributed by atoms with E-state index in [-0.39, 0.29) is 12.0 Å². The molecule has 0 amide bonds. The van der Waals surface area contributed by atoms with E-state index < -0.39 is 0 Å². The molecule has 1 aliphatic heterocycles. The Labute approximate surface area is 65.3 Å². The van der Waals surface area contributed by atoms with Crippen molar-refractivity contribution in [1.29, 1.82) is 5.26 Å². The minimum atomic E-state index is -0.245. The van der Waals surface area contributed by atoms with E-state index in [9.17, 15) is 4.79 Å². The van der Waals surface area contributed by atoms with Gasteiger partial charge in [0.05, 0.1) is 12.6 Å².